The second-order valence-corrected chi connectivity index (χ2v) is 4.55. The largest absolute Gasteiger partial charge is 0.479 e. The molecule has 0 spiro atoms. The molecular formula is C10H16N2O4. The summed E-state index contributed by atoms with van der Waals surface area (Å²) in [4.78, 5) is 14.6. The fourth-order valence-corrected chi connectivity index (χ4v) is 0.886. The highest BCUT2D eigenvalue weighted by Crippen LogP contribution is 2.18. The molecule has 16 heavy (non-hydrogen) atoms. The van der Waals surface area contributed by atoms with Crippen molar-refractivity contribution < 1.29 is 19.2 Å². The summed E-state index contributed by atoms with van der Waals surface area (Å²) < 4.78 is 9.96. The highest BCUT2D eigenvalue weighted by Gasteiger charge is 2.21. The number of carbonyl (C=O) groups is 1. The molecule has 0 aliphatic rings. The van der Waals surface area contributed by atoms with Crippen molar-refractivity contribution in [2.75, 3.05) is 0 Å². The third-order valence-electron chi connectivity index (χ3n) is 1.94. The number of nitrogens with zero attached hydrogens (tertiary/aromatic N) is 2. The van der Waals surface area contributed by atoms with E-state index in [0.29, 0.717) is 5.82 Å². The smallest absolute Gasteiger partial charge is 0.332 e. The van der Waals surface area contributed by atoms with Gasteiger partial charge in [-0.15, -0.1) is 0 Å². The van der Waals surface area contributed by atoms with Gasteiger partial charge in [-0.3, -0.25) is 0 Å². The molecule has 1 atom stereocenters. The van der Waals surface area contributed by atoms with Crippen molar-refractivity contribution in [2.24, 2.45) is 0 Å². The van der Waals surface area contributed by atoms with Gasteiger partial charge in [0.15, 0.2) is 11.9 Å². The summed E-state index contributed by atoms with van der Waals surface area (Å²) in [7, 11) is 0. The van der Waals surface area contributed by atoms with Crippen LogP contribution in [-0.2, 0) is 21.6 Å². The van der Waals surface area contributed by atoms with Gasteiger partial charge in [0.1, 0.15) is 6.61 Å². The van der Waals surface area contributed by atoms with Gasteiger partial charge in [-0.25, -0.2) is 4.79 Å². The van der Waals surface area contributed by atoms with Crippen LogP contribution in [0.2, 0.25) is 0 Å². The maximum atomic E-state index is 10.5. The standard InChI is InChI=1S/C10H16N2O4/c1-6(8(13)14)15-5-7-11-9(12-16-7)10(2,3)4/h6H,5H2,1-4H3,(H,13,14)/t6-/m0/s1. The SMILES string of the molecule is C[C@H](OCc1nc(C(C)(C)C)no1)C(=O)O. The van der Waals surface area contributed by atoms with Gasteiger partial charge in [-0.05, 0) is 6.92 Å². The summed E-state index contributed by atoms with van der Waals surface area (Å²) in [6.07, 6.45) is -0.884. The Morgan fingerprint density at radius 1 is 1.56 bits per heavy atom. The average molecular weight is 228 g/mol. The minimum Gasteiger partial charge on any atom is -0.479 e. The lowest BCUT2D eigenvalue weighted by Crippen LogP contribution is -2.19. The van der Waals surface area contributed by atoms with Crippen LogP contribution in [0.1, 0.15) is 39.4 Å². The molecule has 0 aromatic carbocycles. The van der Waals surface area contributed by atoms with E-state index in [2.05, 4.69) is 10.1 Å². The molecule has 1 rings (SSSR count). The zero-order valence-corrected chi connectivity index (χ0v) is 9.85. The zero-order chi connectivity index (χ0) is 12.3. The highest BCUT2D eigenvalue weighted by atomic mass is 16.5. The van der Waals surface area contributed by atoms with Crippen molar-refractivity contribution in [2.45, 2.75) is 45.8 Å². The molecule has 6 heteroatoms. The van der Waals surface area contributed by atoms with Crippen LogP contribution in [0, 0.1) is 0 Å². The Bertz CT molecular complexity index is 367. The number of hydrogen-bond donors (Lipinski definition) is 1. The van der Waals surface area contributed by atoms with E-state index in [1.165, 1.54) is 6.92 Å². The fourth-order valence-electron chi connectivity index (χ4n) is 0.886. The quantitative estimate of drug-likeness (QED) is 0.837. The Kier molecular flexibility index (Phi) is 3.64. The lowest BCUT2D eigenvalue weighted by atomic mass is 9.96. The van der Waals surface area contributed by atoms with Crippen LogP contribution in [-0.4, -0.2) is 27.3 Å². The number of rotatable bonds is 4. The molecule has 0 radical (unpaired) electrons. The van der Waals surface area contributed by atoms with Crippen molar-refractivity contribution in [3.63, 3.8) is 0 Å². The number of hydrogen-bond acceptors (Lipinski definition) is 5. The van der Waals surface area contributed by atoms with Gasteiger partial charge in [0.05, 0.1) is 0 Å². The van der Waals surface area contributed by atoms with Crippen LogP contribution < -0.4 is 0 Å². The Hall–Kier alpha value is -1.43. The Morgan fingerprint density at radius 3 is 2.62 bits per heavy atom. The third kappa shape index (κ3) is 3.30. The molecule has 1 N–H and O–H groups in total. The van der Waals surface area contributed by atoms with Crippen LogP contribution in [0.25, 0.3) is 0 Å². The predicted molar refractivity (Wildman–Crippen MR) is 54.9 cm³/mol. The Balaban J connectivity index is 2.57. The van der Waals surface area contributed by atoms with Gasteiger partial charge in [0, 0.05) is 5.41 Å². The molecule has 0 aliphatic heterocycles. The van der Waals surface area contributed by atoms with Gasteiger partial charge in [0.2, 0.25) is 0 Å². The number of carboxylic acids is 1. The summed E-state index contributed by atoms with van der Waals surface area (Å²) in [6.45, 7) is 7.34. The Morgan fingerprint density at radius 2 is 2.19 bits per heavy atom. The minimum atomic E-state index is -1.02. The lowest BCUT2D eigenvalue weighted by molar-refractivity contribution is -0.150. The molecule has 0 amide bonds. The third-order valence-corrected chi connectivity index (χ3v) is 1.94. The van der Waals surface area contributed by atoms with Crippen molar-refractivity contribution in [1.29, 1.82) is 0 Å². The maximum absolute atomic E-state index is 10.5. The van der Waals surface area contributed by atoms with Crippen molar-refractivity contribution in [3.8, 4) is 0 Å². The van der Waals surface area contributed by atoms with Gasteiger partial charge in [-0.1, -0.05) is 25.9 Å². The van der Waals surface area contributed by atoms with Gasteiger partial charge >= 0.3 is 5.97 Å². The van der Waals surface area contributed by atoms with Crippen molar-refractivity contribution in [3.05, 3.63) is 11.7 Å². The number of aliphatic carboxylic acids is 1. The zero-order valence-electron chi connectivity index (χ0n) is 9.85. The van der Waals surface area contributed by atoms with Crippen LogP contribution in [0.15, 0.2) is 4.52 Å². The van der Waals surface area contributed by atoms with E-state index in [1.54, 1.807) is 0 Å². The van der Waals surface area contributed by atoms with Gasteiger partial charge in [0.25, 0.3) is 5.89 Å². The van der Waals surface area contributed by atoms with E-state index in [4.69, 9.17) is 14.4 Å². The number of ether oxygens (including phenoxy) is 1. The van der Waals surface area contributed by atoms with E-state index in [1.807, 2.05) is 20.8 Å². The van der Waals surface area contributed by atoms with Crippen LogP contribution in [0.3, 0.4) is 0 Å². The van der Waals surface area contributed by atoms with Crippen molar-refractivity contribution in [1.82, 2.24) is 10.1 Å². The molecule has 0 aliphatic carbocycles. The summed E-state index contributed by atoms with van der Waals surface area (Å²) in [5.41, 5.74) is -0.194. The van der Waals surface area contributed by atoms with Crippen LogP contribution in [0.5, 0.6) is 0 Å². The first-order valence-electron chi connectivity index (χ1n) is 4.98. The molecule has 0 saturated carbocycles. The van der Waals surface area contributed by atoms with E-state index >= 15 is 0 Å². The summed E-state index contributed by atoms with van der Waals surface area (Å²) in [5, 5.41) is 12.4. The Labute approximate surface area is 93.6 Å². The van der Waals surface area contributed by atoms with Crippen LogP contribution in [0.4, 0.5) is 0 Å². The topological polar surface area (TPSA) is 85.5 Å². The fraction of sp³-hybridized carbons (Fsp3) is 0.700. The molecule has 0 bridgehead atoms. The first-order valence-corrected chi connectivity index (χ1v) is 4.98. The molecule has 0 saturated heterocycles. The highest BCUT2D eigenvalue weighted by molar-refractivity contribution is 5.71. The van der Waals surface area contributed by atoms with E-state index < -0.39 is 12.1 Å². The van der Waals surface area contributed by atoms with Gasteiger partial charge < -0.3 is 14.4 Å². The van der Waals surface area contributed by atoms with E-state index in [0.717, 1.165) is 0 Å². The summed E-state index contributed by atoms with van der Waals surface area (Å²) in [6, 6.07) is 0. The molecular weight excluding hydrogens is 212 g/mol. The monoisotopic (exact) mass is 228 g/mol. The van der Waals surface area contributed by atoms with Crippen molar-refractivity contribution >= 4 is 5.97 Å². The molecule has 6 nitrogen and oxygen atoms in total. The normalized spacial score (nSPS) is 13.8. The second-order valence-electron chi connectivity index (χ2n) is 4.55. The molecule has 1 aromatic rings. The molecule has 0 unspecified atom stereocenters. The van der Waals surface area contributed by atoms with E-state index in [9.17, 15) is 4.79 Å². The summed E-state index contributed by atoms with van der Waals surface area (Å²) in [5.74, 6) is -0.150. The lowest BCUT2D eigenvalue weighted by Gasteiger charge is -2.10. The molecule has 1 heterocycles. The van der Waals surface area contributed by atoms with Gasteiger partial charge in [-0.2, -0.15) is 4.98 Å². The molecule has 1 aromatic heterocycles. The minimum absolute atomic E-state index is 0.0105. The first-order chi connectivity index (χ1) is 7.30. The number of aromatic nitrogens is 2. The average Bonchev–Trinajstić information content (AvgIpc) is 2.61. The number of carboxylic acid groups (broad SMARTS) is 1. The summed E-state index contributed by atoms with van der Waals surface area (Å²) >= 11 is 0. The molecule has 90 valence electrons. The molecule has 0 fully saturated rings. The second kappa shape index (κ2) is 4.61. The predicted octanol–water partition coefficient (Wildman–Crippen LogP) is 1.36. The van der Waals surface area contributed by atoms with E-state index in [-0.39, 0.29) is 17.9 Å². The maximum Gasteiger partial charge on any atom is 0.332 e. The first kappa shape index (κ1) is 12.6. The van der Waals surface area contributed by atoms with Crippen LogP contribution >= 0.6 is 0 Å².